The van der Waals surface area contributed by atoms with Gasteiger partial charge in [0, 0.05) is 21.9 Å². The number of amides is 1. The lowest BCUT2D eigenvalue weighted by Crippen LogP contribution is -2.30. The number of anilines is 1. The Bertz CT molecular complexity index is 1230. The minimum absolute atomic E-state index is 0.147. The van der Waals surface area contributed by atoms with Gasteiger partial charge >= 0.3 is 0 Å². The van der Waals surface area contributed by atoms with Gasteiger partial charge in [0.05, 0.1) is 29.1 Å². The topological polar surface area (TPSA) is 55.3 Å². The minimum atomic E-state index is -0.147. The fraction of sp³-hybridized carbons (Fsp3) is 0.208. The second kappa shape index (κ2) is 9.90. The Morgan fingerprint density at radius 1 is 1.16 bits per heavy atom. The van der Waals surface area contributed by atoms with E-state index < -0.39 is 0 Å². The summed E-state index contributed by atoms with van der Waals surface area (Å²) in [6.07, 6.45) is 1.72. The van der Waals surface area contributed by atoms with Gasteiger partial charge in [-0.3, -0.25) is 14.7 Å². The zero-order valence-electron chi connectivity index (χ0n) is 17.9. The quantitative estimate of drug-likeness (QED) is 0.274. The van der Waals surface area contributed by atoms with Crippen LogP contribution in [0.3, 0.4) is 0 Å². The second-order valence-electron chi connectivity index (χ2n) is 7.33. The number of ether oxygens (including phenoxy) is 1. The molecule has 0 bridgehead atoms. The zero-order chi connectivity index (χ0) is 22.7. The van der Waals surface area contributed by atoms with Gasteiger partial charge in [0.2, 0.25) is 0 Å². The lowest BCUT2D eigenvalue weighted by Gasteiger charge is -2.20. The molecule has 0 radical (unpaired) electrons. The maximum Gasteiger partial charge on any atom is 0.260 e. The van der Waals surface area contributed by atoms with E-state index in [1.165, 1.54) is 11.3 Å². The summed E-state index contributed by atoms with van der Waals surface area (Å²) < 4.78 is 6.23. The van der Waals surface area contributed by atoms with Crippen molar-refractivity contribution in [1.29, 1.82) is 0 Å². The maximum absolute atomic E-state index is 13.6. The van der Waals surface area contributed by atoms with Gasteiger partial charge in [-0.15, -0.1) is 11.8 Å². The van der Waals surface area contributed by atoms with Crippen molar-refractivity contribution in [3.8, 4) is 5.75 Å². The van der Waals surface area contributed by atoms with Gasteiger partial charge in [-0.05, 0) is 48.5 Å². The molecule has 0 unspecified atom stereocenters. The molecular formula is C24H22ClN3O2S2. The molecule has 2 aromatic heterocycles. The average molecular weight is 484 g/mol. The molecule has 4 rings (SSSR count). The van der Waals surface area contributed by atoms with Crippen LogP contribution in [-0.4, -0.2) is 28.2 Å². The van der Waals surface area contributed by atoms with Gasteiger partial charge in [-0.25, -0.2) is 4.98 Å². The standard InChI is InChI=1S/C24H22ClN3O2S2/c1-15(2)31-18-9-7-16(8-10-18)23(29)28(14-17-6-4-5-13-26-17)24-27-21-20(30-3)12-11-19(25)22(21)32-24/h4-13,15H,14H2,1-3H3. The molecule has 0 atom stereocenters. The molecule has 2 aromatic carbocycles. The van der Waals surface area contributed by atoms with Crippen LogP contribution in [0.15, 0.2) is 65.7 Å². The van der Waals surface area contributed by atoms with Crippen molar-refractivity contribution in [1.82, 2.24) is 9.97 Å². The molecule has 164 valence electrons. The summed E-state index contributed by atoms with van der Waals surface area (Å²) >= 11 is 9.54. The molecule has 0 aliphatic heterocycles. The van der Waals surface area contributed by atoms with Crippen LogP contribution in [0.5, 0.6) is 5.75 Å². The van der Waals surface area contributed by atoms with Crippen LogP contribution in [0.1, 0.15) is 29.9 Å². The molecule has 0 saturated heterocycles. The number of hydrogen-bond donors (Lipinski definition) is 0. The van der Waals surface area contributed by atoms with E-state index in [4.69, 9.17) is 21.3 Å². The van der Waals surface area contributed by atoms with Crippen molar-refractivity contribution in [2.45, 2.75) is 30.5 Å². The van der Waals surface area contributed by atoms with E-state index in [0.29, 0.717) is 38.8 Å². The molecular weight excluding hydrogens is 462 g/mol. The number of hydrogen-bond acceptors (Lipinski definition) is 6. The number of thioether (sulfide) groups is 1. The van der Waals surface area contributed by atoms with Crippen molar-refractivity contribution in [2.75, 3.05) is 12.0 Å². The monoisotopic (exact) mass is 483 g/mol. The smallest absolute Gasteiger partial charge is 0.260 e. The van der Waals surface area contributed by atoms with Gasteiger partial charge in [0.25, 0.3) is 5.91 Å². The maximum atomic E-state index is 13.6. The molecule has 5 nitrogen and oxygen atoms in total. The van der Waals surface area contributed by atoms with Gasteiger partial charge < -0.3 is 4.74 Å². The van der Waals surface area contributed by atoms with Gasteiger partial charge in [0.1, 0.15) is 11.3 Å². The number of carbonyl (C=O) groups is 1. The highest BCUT2D eigenvalue weighted by Gasteiger charge is 2.24. The Labute approximate surface area is 200 Å². The number of aromatic nitrogens is 2. The number of methoxy groups -OCH3 is 1. The Kier molecular flexibility index (Phi) is 6.98. The largest absolute Gasteiger partial charge is 0.494 e. The molecule has 2 heterocycles. The minimum Gasteiger partial charge on any atom is -0.494 e. The molecule has 0 spiro atoms. The van der Waals surface area contributed by atoms with Crippen molar-refractivity contribution >= 4 is 56.0 Å². The number of nitrogens with zero attached hydrogens (tertiary/aromatic N) is 3. The third-order valence-electron chi connectivity index (χ3n) is 4.66. The number of thiazole rings is 1. The molecule has 1 amide bonds. The van der Waals surface area contributed by atoms with E-state index in [-0.39, 0.29) is 5.91 Å². The van der Waals surface area contributed by atoms with E-state index >= 15 is 0 Å². The number of halogens is 1. The first-order valence-corrected chi connectivity index (χ1v) is 12.1. The Balaban J connectivity index is 1.74. The van der Waals surface area contributed by atoms with Crippen molar-refractivity contribution < 1.29 is 9.53 Å². The second-order valence-corrected chi connectivity index (χ2v) is 10.4. The fourth-order valence-electron chi connectivity index (χ4n) is 3.21. The van der Waals surface area contributed by atoms with Crippen LogP contribution in [0.4, 0.5) is 5.13 Å². The molecule has 0 aliphatic carbocycles. The predicted octanol–water partition coefficient (Wildman–Crippen LogP) is 6.70. The Morgan fingerprint density at radius 2 is 1.94 bits per heavy atom. The van der Waals surface area contributed by atoms with E-state index in [1.54, 1.807) is 42.1 Å². The fourth-order valence-corrected chi connectivity index (χ4v) is 5.30. The first kappa shape index (κ1) is 22.6. The van der Waals surface area contributed by atoms with Crippen LogP contribution in [0.2, 0.25) is 5.02 Å². The predicted molar refractivity (Wildman–Crippen MR) is 133 cm³/mol. The summed E-state index contributed by atoms with van der Waals surface area (Å²) in [5, 5.41) is 1.59. The molecule has 32 heavy (non-hydrogen) atoms. The van der Waals surface area contributed by atoms with Crippen molar-refractivity contribution in [3.05, 3.63) is 77.1 Å². The van der Waals surface area contributed by atoms with E-state index in [1.807, 2.05) is 42.5 Å². The van der Waals surface area contributed by atoms with Crippen LogP contribution in [0.25, 0.3) is 10.2 Å². The van der Waals surface area contributed by atoms with Gasteiger partial charge in [-0.2, -0.15) is 0 Å². The lowest BCUT2D eigenvalue weighted by molar-refractivity contribution is 0.0984. The van der Waals surface area contributed by atoms with Gasteiger partial charge in [0.15, 0.2) is 5.13 Å². The highest BCUT2D eigenvalue weighted by atomic mass is 35.5. The lowest BCUT2D eigenvalue weighted by atomic mass is 10.2. The summed E-state index contributed by atoms with van der Waals surface area (Å²) in [5.41, 5.74) is 2.00. The van der Waals surface area contributed by atoms with Crippen molar-refractivity contribution in [3.63, 3.8) is 0 Å². The molecule has 0 fully saturated rings. The van der Waals surface area contributed by atoms with E-state index in [9.17, 15) is 4.79 Å². The first-order chi connectivity index (χ1) is 15.5. The normalized spacial score (nSPS) is 11.2. The number of carbonyl (C=O) groups excluding carboxylic acids is 1. The third-order valence-corrected chi connectivity index (χ3v) is 7.22. The molecule has 0 aliphatic rings. The Morgan fingerprint density at radius 3 is 2.59 bits per heavy atom. The molecule has 8 heteroatoms. The van der Waals surface area contributed by atoms with Crippen LogP contribution in [-0.2, 0) is 6.54 Å². The average Bonchev–Trinajstić information content (AvgIpc) is 3.24. The third kappa shape index (κ3) is 4.90. The number of rotatable bonds is 7. The summed E-state index contributed by atoms with van der Waals surface area (Å²) in [7, 11) is 1.59. The van der Waals surface area contributed by atoms with Crippen LogP contribution >= 0.6 is 34.7 Å². The SMILES string of the molecule is COc1ccc(Cl)c2sc(N(Cc3ccccn3)C(=O)c3ccc(SC(C)C)cc3)nc12. The first-order valence-electron chi connectivity index (χ1n) is 10.1. The molecule has 4 aromatic rings. The van der Waals surface area contributed by atoms with E-state index in [2.05, 4.69) is 18.8 Å². The number of fused-ring (bicyclic) bond motifs is 1. The number of benzene rings is 2. The Hall–Kier alpha value is -2.61. The summed E-state index contributed by atoms with van der Waals surface area (Å²) in [6, 6.07) is 16.9. The van der Waals surface area contributed by atoms with Crippen molar-refractivity contribution in [2.24, 2.45) is 0 Å². The highest BCUT2D eigenvalue weighted by Crippen LogP contribution is 2.39. The molecule has 0 saturated carbocycles. The zero-order valence-corrected chi connectivity index (χ0v) is 20.3. The molecule has 0 N–H and O–H groups in total. The van der Waals surface area contributed by atoms with Crippen LogP contribution in [0, 0.1) is 0 Å². The summed E-state index contributed by atoms with van der Waals surface area (Å²) in [5.74, 6) is 0.470. The highest BCUT2D eigenvalue weighted by molar-refractivity contribution is 7.99. The summed E-state index contributed by atoms with van der Waals surface area (Å²) in [4.78, 5) is 25.5. The number of pyridine rings is 1. The van der Waals surface area contributed by atoms with Crippen LogP contribution < -0.4 is 9.64 Å². The van der Waals surface area contributed by atoms with Gasteiger partial charge in [-0.1, -0.05) is 42.9 Å². The van der Waals surface area contributed by atoms with E-state index in [0.717, 1.165) is 15.3 Å². The summed E-state index contributed by atoms with van der Waals surface area (Å²) in [6.45, 7) is 4.58.